The molecule has 0 fully saturated rings. The molecular weight excluding hydrogens is 298 g/mol. The third-order valence-electron chi connectivity index (χ3n) is 3.33. The van der Waals surface area contributed by atoms with E-state index in [1.165, 1.54) is 4.68 Å². The van der Waals surface area contributed by atoms with Crippen LogP contribution < -0.4 is 11.3 Å². The van der Waals surface area contributed by atoms with Gasteiger partial charge in [0.2, 0.25) is 0 Å². The molecule has 2 aromatic rings. The van der Waals surface area contributed by atoms with E-state index in [0.717, 1.165) is 6.04 Å². The van der Waals surface area contributed by atoms with E-state index < -0.39 is 8.07 Å². The van der Waals surface area contributed by atoms with Gasteiger partial charge in [0.1, 0.15) is 18.1 Å². The third kappa shape index (κ3) is 4.05. The van der Waals surface area contributed by atoms with Crippen molar-refractivity contribution in [2.24, 2.45) is 7.05 Å². The zero-order valence-electron chi connectivity index (χ0n) is 13.5. The van der Waals surface area contributed by atoms with Gasteiger partial charge in [0.25, 0.3) is 5.56 Å². The fourth-order valence-corrected chi connectivity index (χ4v) is 2.65. The van der Waals surface area contributed by atoms with E-state index in [4.69, 9.17) is 10.5 Å². The lowest BCUT2D eigenvalue weighted by Gasteiger charge is -2.16. The van der Waals surface area contributed by atoms with Gasteiger partial charge < -0.3 is 10.5 Å². The summed E-state index contributed by atoms with van der Waals surface area (Å²) in [4.78, 5) is 20.5. The molecule has 22 heavy (non-hydrogen) atoms. The van der Waals surface area contributed by atoms with Gasteiger partial charge >= 0.3 is 0 Å². The van der Waals surface area contributed by atoms with Crippen LogP contribution in [0.3, 0.4) is 0 Å². The van der Waals surface area contributed by atoms with Gasteiger partial charge in [-0.15, -0.1) is 0 Å². The number of nitrogens with two attached hydrogens (primary N) is 1. The first-order chi connectivity index (χ1) is 10.3. The number of hydrogen-bond donors (Lipinski definition) is 1. The number of aromatic nitrogens is 4. The minimum Gasteiger partial charge on any atom is -0.384 e. The molecule has 7 nitrogen and oxygen atoms in total. The van der Waals surface area contributed by atoms with E-state index in [1.54, 1.807) is 30.2 Å². The Morgan fingerprint density at radius 1 is 1.36 bits per heavy atom. The minimum atomic E-state index is -1.11. The molecule has 0 amide bonds. The summed E-state index contributed by atoms with van der Waals surface area (Å²) < 4.78 is 8.89. The molecule has 2 rings (SSSR count). The Labute approximate surface area is 130 Å². The summed E-state index contributed by atoms with van der Waals surface area (Å²) in [6.07, 6.45) is 3.24. The summed E-state index contributed by atoms with van der Waals surface area (Å²) in [6, 6.07) is 2.68. The average Bonchev–Trinajstić information content (AvgIpc) is 2.71. The number of nitrogens with zero attached hydrogens (tertiary/aromatic N) is 4. The van der Waals surface area contributed by atoms with Crippen LogP contribution in [0.15, 0.2) is 23.3 Å². The summed E-state index contributed by atoms with van der Waals surface area (Å²) >= 11 is 0. The van der Waals surface area contributed by atoms with Gasteiger partial charge in [-0.05, 0) is 12.1 Å². The van der Waals surface area contributed by atoms with Crippen LogP contribution in [0, 0.1) is 0 Å². The monoisotopic (exact) mass is 321 g/mol. The first-order valence-electron chi connectivity index (χ1n) is 7.21. The second-order valence-corrected chi connectivity index (χ2v) is 12.1. The van der Waals surface area contributed by atoms with Crippen LogP contribution >= 0.6 is 0 Å². The number of ether oxygens (including phenoxy) is 1. The van der Waals surface area contributed by atoms with Crippen LogP contribution in [0.4, 0.5) is 5.82 Å². The van der Waals surface area contributed by atoms with E-state index in [1.807, 2.05) is 0 Å². The minimum absolute atomic E-state index is 0.167. The summed E-state index contributed by atoms with van der Waals surface area (Å²) in [5.74, 6) is 0.674. The summed E-state index contributed by atoms with van der Waals surface area (Å²) in [5, 5.41) is 0. The number of rotatable bonds is 6. The van der Waals surface area contributed by atoms with Crippen LogP contribution in [-0.2, 0) is 18.5 Å². The SMILES string of the molecule is Cn1c(=O)c(-c2nccc(N)n2)cn1COCC[Si](C)(C)C. The fourth-order valence-electron chi connectivity index (χ4n) is 1.90. The quantitative estimate of drug-likeness (QED) is 0.644. The van der Waals surface area contributed by atoms with Crippen LogP contribution in [0.25, 0.3) is 11.4 Å². The Morgan fingerprint density at radius 3 is 2.73 bits per heavy atom. The zero-order chi connectivity index (χ0) is 16.3. The molecule has 120 valence electrons. The van der Waals surface area contributed by atoms with E-state index in [0.29, 0.717) is 30.5 Å². The normalized spacial score (nSPS) is 11.8. The Hall–Kier alpha value is -1.93. The highest BCUT2D eigenvalue weighted by molar-refractivity contribution is 6.76. The molecule has 0 aliphatic carbocycles. The van der Waals surface area contributed by atoms with E-state index in [9.17, 15) is 4.79 Å². The van der Waals surface area contributed by atoms with Crippen molar-refractivity contribution in [2.75, 3.05) is 12.3 Å². The fraction of sp³-hybridized carbons (Fsp3) is 0.500. The summed E-state index contributed by atoms with van der Waals surface area (Å²) in [7, 11) is 0.584. The number of hydrogen-bond acceptors (Lipinski definition) is 5. The Morgan fingerprint density at radius 2 is 2.09 bits per heavy atom. The molecule has 0 bridgehead atoms. The molecule has 0 aromatic carbocycles. The first kappa shape index (κ1) is 16.4. The maximum atomic E-state index is 12.3. The van der Waals surface area contributed by atoms with Gasteiger partial charge in [0.15, 0.2) is 5.82 Å². The molecule has 0 atom stereocenters. The van der Waals surface area contributed by atoms with Gasteiger partial charge in [-0.1, -0.05) is 19.6 Å². The lowest BCUT2D eigenvalue weighted by molar-refractivity contribution is 0.0703. The third-order valence-corrected chi connectivity index (χ3v) is 5.03. The number of anilines is 1. The maximum Gasteiger partial charge on any atom is 0.277 e. The lowest BCUT2D eigenvalue weighted by Crippen LogP contribution is -2.24. The van der Waals surface area contributed by atoms with Gasteiger partial charge in [-0.25, -0.2) is 9.97 Å². The zero-order valence-corrected chi connectivity index (χ0v) is 14.5. The average molecular weight is 321 g/mol. The molecule has 0 saturated carbocycles. The molecule has 0 aliphatic heterocycles. The van der Waals surface area contributed by atoms with Crippen LogP contribution in [0.1, 0.15) is 0 Å². The van der Waals surface area contributed by atoms with Crippen molar-refractivity contribution >= 4 is 13.9 Å². The standard InChI is InChI=1S/C14H23N5O2Si/c1-18-14(20)11(13-16-6-5-12(15)17-13)9-19(18)10-21-7-8-22(2,3)4/h5-6,9H,7-8,10H2,1-4H3,(H2,15,16,17). The summed E-state index contributed by atoms with van der Waals surface area (Å²) in [6.45, 7) is 7.94. The van der Waals surface area contributed by atoms with Crippen molar-refractivity contribution in [3.05, 3.63) is 28.8 Å². The highest BCUT2D eigenvalue weighted by Gasteiger charge is 2.15. The Kier molecular flexibility index (Phi) is 4.82. The van der Waals surface area contributed by atoms with E-state index in [-0.39, 0.29) is 5.56 Å². The molecule has 0 spiro atoms. The van der Waals surface area contributed by atoms with Crippen molar-refractivity contribution < 1.29 is 4.74 Å². The molecule has 8 heteroatoms. The molecule has 2 heterocycles. The molecule has 0 saturated heterocycles. The molecule has 0 unspecified atom stereocenters. The molecular formula is C14H23N5O2Si. The summed E-state index contributed by atoms with van der Waals surface area (Å²) in [5.41, 5.74) is 5.89. The van der Waals surface area contributed by atoms with Crippen molar-refractivity contribution in [2.45, 2.75) is 32.4 Å². The van der Waals surface area contributed by atoms with Crippen LogP contribution in [-0.4, -0.2) is 34.0 Å². The predicted molar refractivity (Wildman–Crippen MR) is 89.2 cm³/mol. The highest BCUT2D eigenvalue weighted by atomic mass is 28.3. The van der Waals surface area contributed by atoms with Crippen molar-refractivity contribution in [1.82, 2.24) is 19.3 Å². The lowest BCUT2D eigenvalue weighted by atomic mass is 10.3. The van der Waals surface area contributed by atoms with E-state index >= 15 is 0 Å². The van der Waals surface area contributed by atoms with Gasteiger partial charge in [0.05, 0.1) is 0 Å². The predicted octanol–water partition coefficient (Wildman–Crippen LogP) is 1.54. The van der Waals surface area contributed by atoms with Crippen LogP contribution in [0.2, 0.25) is 25.7 Å². The topological polar surface area (TPSA) is 88.0 Å². The van der Waals surface area contributed by atoms with Crippen molar-refractivity contribution in [1.29, 1.82) is 0 Å². The highest BCUT2D eigenvalue weighted by Crippen LogP contribution is 2.12. The largest absolute Gasteiger partial charge is 0.384 e. The Balaban J connectivity index is 2.12. The van der Waals surface area contributed by atoms with Crippen molar-refractivity contribution in [3.63, 3.8) is 0 Å². The second kappa shape index (κ2) is 6.45. The van der Waals surface area contributed by atoms with Gasteiger partial charge in [-0.2, -0.15) is 0 Å². The van der Waals surface area contributed by atoms with Gasteiger partial charge in [-0.3, -0.25) is 14.2 Å². The van der Waals surface area contributed by atoms with E-state index in [2.05, 4.69) is 29.6 Å². The van der Waals surface area contributed by atoms with Gasteiger partial charge in [0, 0.05) is 34.1 Å². The number of nitrogen functional groups attached to an aromatic ring is 1. The second-order valence-electron chi connectivity index (χ2n) is 6.46. The Bertz CT molecular complexity index is 702. The molecule has 0 radical (unpaired) electrons. The molecule has 2 aromatic heterocycles. The molecule has 0 aliphatic rings. The van der Waals surface area contributed by atoms with Crippen LogP contribution in [0.5, 0.6) is 0 Å². The maximum absolute atomic E-state index is 12.3. The first-order valence-corrected chi connectivity index (χ1v) is 10.9. The van der Waals surface area contributed by atoms with Crippen molar-refractivity contribution in [3.8, 4) is 11.4 Å². The smallest absolute Gasteiger partial charge is 0.277 e. The molecule has 2 N–H and O–H groups in total.